The minimum absolute atomic E-state index is 0.0856. The normalized spacial score (nSPS) is 12.1. The van der Waals surface area contributed by atoms with Crippen LogP contribution in [0.2, 0.25) is 0 Å². The zero-order valence-corrected chi connectivity index (χ0v) is 18.7. The van der Waals surface area contributed by atoms with Crippen molar-refractivity contribution < 1.29 is 31.1 Å². The molecule has 2 N–H and O–H groups in total. The molecule has 3 aromatic rings. The molecule has 0 saturated heterocycles. The van der Waals surface area contributed by atoms with E-state index in [0.29, 0.717) is 5.56 Å². The number of rotatable bonds is 6. The second kappa shape index (κ2) is 9.46. The highest BCUT2D eigenvalue weighted by Crippen LogP contribution is 2.37. The van der Waals surface area contributed by atoms with Crippen LogP contribution in [0.15, 0.2) is 53.0 Å². The van der Waals surface area contributed by atoms with Gasteiger partial charge in [-0.3, -0.25) is 0 Å². The van der Waals surface area contributed by atoms with Crippen molar-refractivity contribution in [2.45, 2.75) is 32.4 Å². The third kappa shape index (κ3) is 6.98. The van der Waals surface area contributed by atoms with Gasteiger partial charge in [0.05, 0.1) is 11.3 Å². The molecule has 3 rings (SSSR count). The smallest absolute Gasteiger partial charge is 0.406 e. The highest BCUT2D eigenvalue weighted by atomic mass is 79.9. The molecule has 0 aliphatic rings. The van der Waals surface area contributed by atoms with Gasteiger partial charge in [0.1, 0.15) is 11.6 Å². The summed E-state index contributed by atoms with van der Waals surface area (Å²) < 4.78 is 81.3. The van der Waals surface area contributed by atoms with Crippen LogP contribution >= 0.6 is 15.9 Å². The Kier molecular flexibility index (Phi) is 7.06. The molecule has 0 bridgehead atoms. The number of halogens is 7. The molecule has 0 radical (unpaired) electrons. The highest BCUT2D eigenvalue weighted by Gasteiger charge is 2.33. The van der Waals surface area contributed by atoms with Crippen LogP contribution in [0, 0.1) is 0 Å². The molecule has 0 aliphatic heterocycles. The summed E-state index contributed by atoms with van der Waals surface area (Å²) in [6.07, 6.45) is -9.43. The zero-order valence-electron chi connectivity index (χ0n) is 17.1. The molecule has 2 aromatic carbocycles. The number of aromatic nitrogens is 2. The summed E-state index contributed by atoms with van der Waals surface area (Å²) in [5.41, 5.74) is -0.239. The summed E-state index contributed by atoms with van der Waals surface area (Å²) in [5, 5.41) is 5.77. The van der Waals surface area contributed by atoms with E-state index >= 15 is 0 Å². The molecule has 0 fully saturated rings. The molecule has 0 unspecified atom stereocenters. The first kappa shape index (κ1) is 24.6. The topological polar surface area (TPSA) is 59.1 Å². The van der Waals surface area contributed by atoms with Crippen LogP contribution in [0.5, 0.6) is 5.75 Å². The number of hydrogen-bond acceptors (Lipinski definition) is 5. The molecule has 0 aliphatic carbocycles. The fourth-order valence-electron chi connectivity index (χ4n) is 2.80. The molecule has 5 nitrogen and oxygen atoms in total. The summed E-state index contributed by atoms with van der Waals surface area (Å²) in [6, 6.07) is 10.1. The van der Waals surface area contributed by atoms with Crippen molar-refractivity contribution in [1.29, 1.82) is 0 Å². The Labute approximate surface area is 193 Å². The number of nitrogens with zero attached hydrogens (tertiary/aromatic N) is 2. The average Bonchev–Trinajstić information content (AvgIpc) is 2.67. The standard InChI is InChI=1S/C21H17BrF6N4O/c1-11(2)29-19-31-17(12-4-3-5-14(8-12)33-21(26,27)28)10-18(32-19)30-13-6-7-16(22)15(9-13)20(23,24)25/h3-11H,1-2H3,(H2,29,30,31,32). The van der Waals surface area contributed by atoms with Crippen molar-refractivity contribution in [2.75, 3.05) is 10.6 Å². The van der Waals surface area contributed by atoms with E-state index in [2.05, 4.69) is 41.3 Å². The predicted molar refractivity (Wildman–Crippen MR) is 115 cm³/mol. The molecular formula is C21H17BrF6N4O. The second-order valence-corrected chi connectivity index (χ2v) is 8.01. The Morgan fingerprint density at radius 3 is 2.30 bits per heavy atom. The van der Waals surface area contributed by atoms with Gasteiger partial charge in [-0.1, -0.05) is 28.1 Å². The lowest BCUT2D eigenvalue weighted by Gasteiger charge is -2.15. The van der Waals surface area contributed by atoms with Crippen molar-refractivity contribution in [3.05, 3.63) is 58.6 Å². The van der Waals surface area contributed by atoms with E-state index in [1.54, 1.807) is 0 Å². The largest absolute Gasteiger partial charge is 0.573 e. The van der Waals surface area contributed by atoms with Crippen LogP contribution in [-0.4, -0.2) is 22.4 Å². The molecule has 1 aromatic heterocycles. The van der Waals surface area contributed by atoms with Gasteiger partial charge in [0, 0.05) is 27.8 Å². The van der Waals surface area contributed by atoms with Gasteiger partial charge in [-0.25, -0.2) is 4.98 Å². The minimum Gasteiger partial charge on any atom is -0.406 e. The molecule has 12 heteroatoms. The van der Waals surface area contributed by atoms with E-state index in [-0.39, 0.29) is 33.7 Å². The van der Waals surface area contributed by atoms with Crippen molar-refractivity contribution in [3.8, 4) is 17.0 Å². The Balaban J connectivity index is 2.01. The molecule has 176 valence electrons. The van der Waals surface area contributed by atoms with Crippen LogP contribution in [0.3, 0.4) is 0 Å². The first-order valence-corrected chi connectivity index (χ1v) is 10.2. The van der Waals surface area contributed by atoms with Crippen LogP contribution in [0.25, 0.3) is 11.3 Å². The van der Waals surface area contributed by atoms with Gasteiger partial charge in [-0.2, -0.15) is 18.2 Å². The lowest BCUT2D eigenvalue weighted by molar-refractivity contribution is -0.274. The number of benzene rings is 2. The Morgan fingerprint density at radius 1 is 0.939 bits per heavy atom. The number of nitrogens with one attached hydrogen (secondary N) is 2. The van der Waals surface area contributed by atoms with E-state index in [9.17, 15) is 26.3 Å². The van der Waals surface area contributed by atoms with Crippen LogP contribution in [0.1, 0.15) is 19.4 Å². The maximum atomic E-state index is 13.2. The fourth-order valence-corrected chi connectivity index (χ4v) is 3.27. The fraction of sp³-hybridized carbons (Fsp3) is 0.238. The van der Waals surface area contributed by atoms with Crippen LogP contribution < -0.4 is 15.4 Å². The van der Waals surface area contributed by atoms with Crippen LogP contribution in [0.4, 0.5) is 43.8 Å². The van der Waals surface area contributed by atoms with E-state index < -0.39 is 23.9 Å². The molecule has 33 heavy (non-hydrogen) atoms. The van der Waals surface area contributed by atoms with Gasteiger partial charge in [0.2, 0.25) is 5.95 Å². The minimum atomic E-state index is -4.86. The summed E-state index contributed by atoms with van der Waals surface area (Å²) >= 11 is 2.88. The van der Waals surface area contributed by atoms with Crippen molar-refractivity contribution >= 4 is 33.4 Å². The Bertz CT molecular complexity index is 1130. The quantitative estimate of drug-likeness (QED) is 0.323. The van der Waals surface area contributed by atoms with E-state index in [0.717, 1.165) is 18.2 Å². The SMILES string of the molecule is CC(C)Nc1nc(Nc2ccc(Br)c(C(F)(F)F)c2)cc(-c2cccc(OC(F)(F)F)c2)n1. The summed E-state index contributed by atoms with van der Waals surface area (Å²) in [7, 11) is 0. The van der Waals surface area contributed by atoms with E-state index in [4.69, 9.17) is 0 Å². The van der Waals surface area contributed by atoms with Gasteiger partial charge in [0.15, 0.2) is 0 Å². The lowest BCUT2D eigenvalue weighted by Crippen LogP contribution is -2.17. The van der Waals surface area contributed by atoms with Gasteiger partial charge in [0.25, 0.3) is 0 Å². The second-order valence-electron chi connectivity index (χ2n) is 7.15. The van der Waals surface area contributed by atoms with Gasteiger partial charge in [-0.15, -0.1) is 13.2 Å². The third-order valence-electron chi connectivity index (χ3n) is 4.05. The first-order chi connectivity index (χ1) is 15.3. The first-order valence-electron chi connectivity index (χ1n) is 9.46. The molecule has 0 atom stereocenters. The van der Waals surface area contributed by atoms with E-state index in [1.807, 2.05) is 13.8 Å². The molecule has 1 heterocycles. The molecule has 0 spiro atoms. The third-order valence-corrected chi connectivity index (χ3v) is 4.74. The van der Waals surface area contributed by atoms with Crippen molar-refractivity contribution in [2.24, 2.45) is 0 Å². The monoisotopic (exact) mass is 534 g/mol. The van der Waals surface area contributed by atoms with Crippen molar-refractivity contribution in [3.63, 3.8) is 0 Å². The Morgan fingerprint density at radius 2 is 1.67 bits per heavy atom. The summed E-state index contributed by atoms with van der Waals surface area (Å²) in [6.45, 7) is 3.65. The number of ether oxygens (including phenoxy) is 1. The molecule has 0 amide bonds. The number of anilines is 3. The lowest BCUT2D eigenvalue weighted by atomic mass is 10.1. The summed E-state index contributed by atoms with van der Waals surface area (Å²) in [4.78, 5) is 8.56. The predicted octanol–water partition coefficient (Wildman–Crippen LogP) is 7.39. The van der Waals surface area contributed by atoms with Crippen LogP contribution in [-0.2, 0) is 6.18 Å². The summed E-state index contributed by atoms with van der Waals surface area (Å²) in [5.74, 6) is -0.157. The average molecular weight is 535 g/mol. The van der Waals surface area contributed by atoms with Crippen molar-refractivity contribution in [1.82, 2.24) is 9.97 Å². The van der Waals surface area contributed by atoms with Gasteiger partial charge in [-0.05, 0) is 44.2 Å². The maximum absolute atomic E-state index is 13.2. The zero-order chi connectivity index (χ0) is 24.4. The number of hydrogen-bond donors (Lipinski definition) is 2. The highest BCUT2D eigenvalue weighted by molar-refractivity contribution is 9.10. The van der Waals surface area contributed by atoms with Gasteiger partial charge < -0.3 is 15.4 Å². The van der Waals surface area contributed by atoms with E-state index in [1.165, 1.54) is 30.3 Å². The Hall–Kier alpha value is -3.02. The molecule has 0 saturated carbocycles. The maximum Gasteiger partial charge on any atom is 0.573 e. The number of alkyl halides is 6. The van der Waals surface area contributed by atoms with Gasteiger partial charge >= 0.3 is 12.5 Å². The molecular weight excluding hydrogens is 518 g/mol.